The average molecular weight is 340 g/mol. The van der Waals surface area contributed by atoms with Gasteiger partial charge in [-0.2, -0.15) is 0 Å². The number of carbonyl (C=O) groups excluding carboxylic acids is 1. The molecule has 1 aliphatic heterocycles. The number of nitrogens with zero attached hydrogens (tertiary/aromatic N) is 2. The summed E-state index contributed by atoms with van der Waals surface area (Å²) in [4.78, 5) is 19.9. The number of aromatic nitrogens is 1. The molecule has 24 heavy (non-hydrogen) atoms. The maximum atomic E-state index is 12.9. The molecule has 2 heterocycles. The van der Waals surface area contributed by atoms with E-state index in [9.17, 15) is 4.79 Å². The number of hydrogen-bond donors (Lipinski definition) is 0. The highest BCUT2D eigenvalue weighted by atomic mass is 32.1. The Labute approximate surface area is 147 Å². The van der Waals surface area contributed by atoms with Crippen LogP contribution in [0.1, 0.15) is 49.5 Å². The van der Waals surface area contributed by atoms with E-state index in [1.54, 1.807) is 0 Å². The van der Waals surface area contributed by atoms with Crippen LogP contribution >= 0.6 is 11.3 Å². The summed E-state index contributed by atoms with van der Waals surface area (Å²) in [6.07, 6.45) is 7.30. The van der Waals surface area contributed by atoms with Gasteiger partial charge in [-0.05, 0) is 56.1 Å². The number of para-hydroxylation sites is 1. The van der Waals surface area contributed by atoms with Gasteiger partial charge in [0.2, 0.25) is 5.91 Å². The Morgan fingerprint density at radius 3 is 2.62 bits per heavy atom. The molecule has 1 saturated heterocycles. The minimum Gasteiger partial charge on any atom is -0.342 e. The van der Waals surface area contributed by atoms with Crippen molar-refractivity contribution in [3.8, 4) is 0 Å². The van der Waals surface area contributed by atoms with Gasteiger partial charge in [-0.15, -0.1) is 11.3 Å². The van der Waals surface area contributed by atoms with Crippen LogP contribution in [-0.2, 0) is 4.79 Å². The van der Waals surface area contributed by atoms with Crippen molar-refractivity contribution in [2.75, 3.05) is 13.1 Å². The third-order valence-corrected chi connectivity index (χ3v) is 7.72. The number of amides is 1. The summed E-state index contributed by atoms with van der Waals surface area (Å²) in [5, 5.41) is 1.27. The molecule has 3 fully saturated rings. The van der Waals surface area contributed by atoms with Crippen LogP contribution in [0, 0.1) is 17.8 Å². The van der Waals surface area contributed by atoms with Gasteiger partial charge < -0.3 is 4.90 Å². The van der Waals surface area contributed by atoms with Gasteiger partial charge >= 0.3 is 0 Å². The van der Waals surface area contributed by atoms with Gasteiger partial charge in [0, 0.05) is 24.9 Å². The topological polar surface area (TPSA) is 33.2 Å². The summed E-state index contributed by atoms with van der Waals surface area (Å²) < 4.78 is 1.29. The highest BCUT2D eigenvalue weighted by Crippen LogP contribution is 2.49. The molecule has 3 nitrogen and oxygen atoms in total. The second-order valence-corrected chi connectivity index (χ2v) is 8.96. The van der Waals surface area contributed by atoms with Crippen molar-refractivity contribution in [1.29, 1.82) is 0 Å². The number of benzene rings is 1. The first-order valence-corrected chi connectivity index (χ1v) is 10.2. The zero-order chi connectivity index (χ0) is 16.1. The predicted octanol–water partition coefficient (Wildman–Crippen LogP) is 4.44. The van der Waals surface area contributed by atoms with Crippen LogP contribution in [0.5, 0.6) is 0 Å². The molecule has 2 aromatic rings. The van der Waals surface area contributed by atoms with E-state index in [0.29, 0.717) is 23.7 Å². The van der Waals surface area contributed by atoms with Gasteiger partial charge in [-0.3, -0.25) is 4.79 Å². The average Bonchev–Trinajstić information content (AvgIpc) is 3.35. The van der Waals surface area contributed by atoms with Crippen molar-refractivity contribution in [2.24, 2.45) is 17.8 Å². The van der Waals surface area contributed by atoms with Crippen LogP contribution in [0.15, 0.2) is 24.3 Å². The van der Waals surface area contributed by atoms with Crippen LogP contribution in [0.3, 0.4) is 0 Å². The molecule has 0 spiro atoms. The third-order valence-electron chi connectivity index (χ3n) is 6.52. The molecule has 4 heteroatoms. The SMILES string of the molecule is O=C(C1CC2CCC1C2)N1CCC(c2nc3ccccc3s2)CC1. The zero-order valence-electron chi connectivity index (χ0n) is 14.0. The Morgan fingerprint density at radius 1 is 1.08 bits per heavy atom. The van der Waals surface area contributed by atoms with Crippen LogP contribution in [0.4, 0.5) is 0 Å². The van der Waals surface area contributed by atoms with Crippen molar-refractivity contribution in [3.63, 3.8) is 0 Å². The fourth-order valence-electron chi connectivity index (χ4n) is 5.19. The van der Waals surface area contributed by atoms with Crippen molar-refractivity contribution >= 4 is 27.5 Å². The minimum atomic E-state index is 0.350. The van der Waals surface area contributed by atoms with E-state index in [-0.39, 0.29) is 0 Å². The quantitative estimate of drug-likeness (QED) is 0.810. The lowest BCUT2D eigenvalue weighted by atomic mass is 9.87. The molecule has 2 aliphatic carbocycles. The lowest BCUT2D eigenvalue weighted by Crippen LogP contribution is -2.42. The molecule has 5 rings (SSSR count). The second kappa shape index (κ2) is 5.83. The molecule has 126 valence electrons. The number of carbonyl (C=O) groups is 1. The van der Waals surface area contributed by atoms with E-state index < -0.39 is 0 Å². The van der Waals surface area contributed by atoms with Crippen molar-refractivity contribution < 1.29 is 4.79 Å². The highest BCUT2D eigenvalue weighted by molar-refractivity contribution is 7.18. The molecule has 0 radical (unpaired) electrons. The van der Waals surface area contributed by atoms with E-state index in [0.717, 1.165) is 37.4 Å². The molecule has 1 aromatic heterocycles. The number of thiazole rings is 1. The number of hydrogen-bond acceptors (Lipinski definition) is 3. The summed E-state index contributed by atoms with van der Waals surface area (Å²) >= 11 is 1.83. The summed E-state index contributed by atoms with van der Waals surface area (Å²) in [6, 6.07) is 8.40. The number of fused-ring (bicyclic) bond motifs is 3. The maximum Gasteiger partial charge on any atom is 0.225 e. The Morgan fingerprint density at radius 2 is 1.92 bits per heavy atom. The number of piperidine rings is 1. The Kier molecular flexibility index (Phi) is 3.62. The molecular weight excluding hydrogens is 316 g/mol. The van der Waals surface area contributed by atoms with Gasteiger partial charge in [0.25, 0.3) is 0 Å². The fourth-order valence-corrected chi connectivity index (χ4v) is 6.33. The van der Waals surface area contributed by atoms with E-state index >= 15 is 0 Å². The summed E-state index contributed by atoms with van der Waals surface area (Å²) in [6.45, 7) is 1.85. The number of rotatable bonds is 2. The largest absolute Gasteiger partial charge is 0.342 e. The van der Waals surface area contributed by atoms with Crippen molar-refractivity contribution in [2.45, 2.75) is 44.4 Å². The van der Waals surface area contributed by atoms with Gasteiger partial charge in [0.15, 0.2) is 0 Å². The lowest BCUT2D eigenvalue weighted by molar-refractivity contribution is -0.138. The third kappa shape index (κ3) is 2.46. The summed E-state index contributed by atoms with van der Waals surface area (Å²) in [5.74, 6) is 2.90. The van der Waals surface area contributed by atoms with Crippen LogP contribution < -0.4 is 0 Å². The minimum absolute atomic E-state index is 0.350. The molecule has 3 atom stereocenters. The molecule has 1 aromatic carbocycles. The molecule has 2 bridgehead atoms. The Bertz CT molecular complexity index is 729. The first-order valence-electron chi connectivity index (χ1n) is 9.42. The molecule has 1 amide bonds. The van der Waals surface area contributed by atoms with E-state index in [1.165, 1.54) is 35.4 Å². The zero-order valence-corrected chi connectivity index (χ0v) is 14.8. The van der Waals surface area contributed by atoms with Crippen LogP contribution in [-0.4, -0.2) is 28.9 Å². The Balaban J connectivity index is 1.25. The summed E-state index contributed by atoms with van der Waals surface area (Å²) in [7, 11) is 0. The van der Waals surface area contributed by atoms with E-state index in [1.807, 2.05) is 11.3 Å². The smallest absolute Gasteiger partial charge is 0.225 e. The molecule has 0 N–H and O–H groups in total. The van der Waals surface area contributed by atoms with Gasteiger partial charge in [0.05, 0.1) is 15.2 Å². The van der Waals surface area contributed by atoms with Gasteiger partial charge in [-0.1, -0.05) is 18.6 Å². The van der Waals surface area contributed by atoms with Crippen LogP contribution in [0.2, 0.25) is 0 Å². The molecular formula is C20H24N2OS. The number of likely N-dealkylation sites (tertiary alicyclic amines) is 1. The maximum absolute atomic E-state index is 12.9. The normalized spacial score (nSPS) is 30.3. The van der Waals surface area contributed by atoms with E-state index in [2.05, 4.69) is 29.2 Å². The van der Waals surface area contributed by atoms with Gasteiger partial charge in [-0.25, -0.2) is 4.98 Å². The first kappa shape index (κ1) is 14.9. The Hall–Kier alpha value is -1.42. The molecule has 2 saturated carbocycles. The second-order valence-electron chi connectivity index (χ2n) is 7.90. The van der Waals surface area contributed by atoms with Crippen molar-refractivity contribution in [3.05, 3.63) is 29.3 Å². The predicted molar refractivity (Wildman–Crippen MR) is 97.1 cm³/mol. The summed E-state index contributed by atoms with van der Waals surface area (Å²) in [5.41, 5.74) is 1.12. The monoisotopic (exact) mass is 340 g/mol. The standard InChI is InChI=1S/C20H24N2OS/c23-20(16-12-13-5-6-15(16)11-13)22-9-7-14(8-10-22)19-21-17-3-1-2-4-18(17)24-19/h1-4,13-16H,5-12H2. The highest BCUT2D eigenvalue weighted by Gasteiger charge is 2.44. The molecule has 3 unspecified atom stereocenters. The van der Waals surface area contributed by atoms with Crippen molar-refractivity contribution in [1.82, 2.24) is 9.88 Å². The fraction of sp³-hybridized carbons (Fsp3) is 0.600. The molecule has 3 aliphatic rings. The van der Waals surface area contributed by atoms with Gasteiger partial charge in [0.1, 0.15) is 0 Å². The van der Waals surface area contributed by atoms with E-state index in [4.69, 9.17) is 4.98 Å². The first-order chi connectivity index (χ1) is 11.8. The lowest BCUT2D eigenvalue weighted by Gasteiger charge is -2.34. The van der Waals surface area contributed by atoms with Crippen LogP contribution in [0.25, 0.3) is 10.2 Å².